The topological polar surface area (TPSA) is 75.7 Å². The maximum Gasteiger partial charge on any atom is 0.264 e. The van der Waals surface area contributed by atoms with Gasteiger partial charge in [-0.05, 0) is 55.3 Å². The van der Waals surface area contributed by atoms with Crippen LogP contribution in [-0.4, -0.2) is 27.5 Å². The van der Waals surface area contributed by atoms with Crippen molar-refractivity contribution in [2.45, 2.75) is 44.2 Å². The van der Waals surface area contributed by atoms with Gasteiger partial charge in [-0.15, -0.1) is 0 Å². The van der Waals surface area contributed by atoms with Crippen LogP contribution in [0.5, 0.6) is 5.75 Å². The third-order valence-corrected chi connectivity index (χ3v) is 7.11. The van der Waals surface area contributed by atoms with Crippen LogP contribution in [0.15, 0.2) is 83.8 Å². The van der Waals surface area contributed by atoms with Crippen LogP contribution in [0, 0.1) is 0 Å². The largest absolute Gasteiger partial charge is 0.497 e. The number of para-hydroxylation sites is 1. The number of amides is 1. The quantitative estimate of drug-likeness (QED) is 0.456. The lowest BCUT2D eigenvalue weighted by Gasteiger charge is -2.27. The molecule has 0 aromatic heterocycles. The van der Waals surface area contributed by atoms with E-state index in [1.807, 2.05) is 37.3 Å². The molecule has 1 amide bonds. The van der Waals surface area contributed by atoms with Crippen LogP contribution in [0.1, 0.15) is 42.6 Å². The first-order valence-corrected chi connectivity index (χ1v) is 12.4. The van der Waals surface area contributed by atoms with E-state index < -0.39 is 10.0 Å². The lowest BCUT2D eigenvalue weighted by atomic mass is 10.1. The minimum atomic E-state index is -3.97. The van der Waals surface area contributed by atoms with E-state index in [2.05, 4.69) is 12.2 Å². The summed E-state index contributed by atoms with van der Waals surface area (Å²) >= 11 is 0. The minimum absolute atomic E-state index is 0.0173. The number of methoxy groups -OCH3 is 1. The van der Waals surface area contributed by atoms with E-state index in [-0.39, 0.29) is 23.4 Å². The van der Waals surface area contributed by atoms with E-state index in [9.17, 15) is 13.2 Å². The molecule has 7 heteroatoms. The van der Waals surface area contributed by atoms with Crippen molar-refractivity contribution in [2.75, 3.05) is 11.4 Å². The first-order chi connectivity index (χ1) is 15.9. The van der Waals surface area contributed by atoms with Crippen LogP contribution in [0.25, 0.3) is 0 Å². The maximum atomic E-state index is 13.8. The summed E-state index contributed by atoms with van der Waals surface area (Å²) in [6, 6.07) is 22.4. The van der Waals surface area contributed by atoms with Gasteiger partial charge in [0.05, 0.1) is 29.8 Å². The fourth-order valence-corrected chi connectivity index (χ4v) is 5.09. The Balaban J connectivity index is 2.08. The third kappa shape index (κ3) is 5.93. The highest BCUT2D eigenvalue weighted by atomic mass is 32.2. The molecule has 3 aromatic rings. The minimum Gasteiger partial charge on any atom is -0.497 e. The Kier molecular flexibility index (Phi) is 8.11. The maximum absolute atomic E-state index is 13.8. The Morgan fingerprint density at radius 3 is 2.24 bits per heavy atom. The highest BCUT2D eigenvalue weighted by Gasteiger charge is 2.29. The van der Waals surface area contributed by atoms with Crippen LogP contribution in [0.3, 0.4) is 0 Å². The predicted molar refractivity (Wildman–Crippen MR) is 131 cm³/mol. The molecule has 0 bridgehead atoms. The molecule has 0 spiro atoms. The fraction of sp³-hybridized carbons (Fsp3) is 0.269. The van der Waals surface area contributed by atoms with Crippen LogP contribution < -0.4 is 14.4 Å². The van der Waals surface area contributed by atoms with E-state index in [4.69, 9.17) is 4.74 Å². The number of anilines is 1. The summed E-state index contributed by atoms with van der Waals surface area (Å²) in [5.41, 5.74) is 1.45. The van der Waals surface area contributed by atoms with Crippen molar-refractivity contribution >= 4 is 21.6 Å². The Labute approximate surface area is 196 Å². The summed E-state index contributed by atoms with van der Waals surface area (Å²) in [5.74, 6) is 0.266. The van der Waals surface area contributed by atoms with Gasteiger partial charge in [0.2, 0.25) is 0 Å². The number of sulfonamides is 1. The Hall–Kier alpha value is -3.32. The predicted octanol–water partition coefficient (Wildman–Crippen LogP) is 5.01. The molecular formula is C26H30N2O4S. The molecule has 0 aliphatic rings. The van der Waals surface area contributed by atoms with Gasteiger partial charge in [0.15, 0.2) is 0 Å². The van der Waals surface area contributed by atoms with Gasteiger partial charge in [-0.25, -0.2) is 8.42 Å². The second kappa shape index (κ2) is 11.0. The van der Waals surface area contributed by atoms with Gasteiger partial charge < -0.3 is 10.1 Å². The van der Waals surface area contributed by atoms with Crippen LogP contribution >= 0.6 is 0 Å². The van der Waals surface area contributed by atoms with E-state index in [1.54, 1.807) is 36.4 Å². The van der Waals surface area contributed by atoms with Crippen LogP contribution in [0.2, 0.25) is 0 Å². The van der Waals surface area contributed by atoms with Crippen molar-refractivity contribution in [3.05, 3.63) is 90.0 Å². The zero-order valence-electron chi connectivity index (χ0n) is 19.2. The Morgan fingerprint density at radius 2 is 1.61 bits per heavy atom. The molecule has 0 radical (unpaired) electrons. The molecule has 174 valence electrons. The molecule has 0 aliphatic carbocycles. The molecule has 0 aliphatic heterocycles. The van der Waals surface area contributed by atoms with Crippen molar-refractivity contribution in [3.8, 4) is 5.75 Å². The van der Waals surface area contributed by atoms with Crippen molar-refractivity contribution < 1.29 is 17.9 Å². The Bertz CT molecular complexity index is 1160. The number of hydrogen-bond acceptors (Lipinski definition) is 4. The monoisotopic (exact) mass is 466 g/mol. The second-order valence-electron chi connectivity index (χ2n) is 7.85. The number of hydrogen-bond donors (Lipinski definition) is 1. The van der Waals surface area contributed by atoms with Gasteiger partial charge >= 0.3 is 0 Å². The molecule has 0 saturated carbocycles. The van der Waals surface area contributed by atoms with Crippen molar-refractivity contribution in [1.82, 2.24) is 5.32 Å². The molecule has 0 fully saturated rings. The van der Waals surface area contributed by atoms with Crippen molar-refractivity contribution in [3.63, 3.8) is 0 Å². The van der Waals surface area contributed by atoms with Crippen LogP contribution in [0.4, 0.5) is 5.69 Å². The first kappa shape index (κ1) is 24.3. The standard InChI is InChI=1S/C26H30N2O4S/c1-4-10-20(2)27-26(29)24-13-8-9-14-25(24)28(19-21-11-6-5-7-12-21)33(30,31)23-17-15-22(32-3)16-18-23/h5-9,11-18,20H,4,10,19H2,1-3H3,(H,27,29)/t20-/m1/s1. The lowest BCUT2D eigenvalue weighted by molar-refractivity contribution is 0.0939. The molecule has 6 nitrogen and oxygen atoms in total. The van der Waals surface area contributed by atoms with Gasteiger partial charge in [-0.1, -0.05) is 55.8 Å². The van der Waals surface area contributed by atoms with E-state index in [1.165, 1.54) is 23.5 Å². The SMILES string of the molecule is CCC[C@@H](C)NC(=O)c1ccccc1N(Cc1ccccc1)S(=O)(=O)c1ccc(OC)cc1. The molecule has 3 aromatic carbocycles. The summed E-state index contributed by atoms with van der Waals surface area (Å²) in [4.78, 5) is 13.2. The molecule has 3 rings (SSSR count). The zero-order valence-corrected chi connectivity index (χ0v) is 20.0. The number of nitrogens with zero attached hydrogens (tertiary/aromatic N) is 1. The van der Waals surface area contributed by atoms with Gasteiger partial charge in [0.25, 0.3) is 15.9 Å². The van der Waals surface area contributed by atoms with Gasteiger partial charge in [-0.3, -0.25) is 9.10 Å². The normalized spacial score (nSPS) is 12.1. The van der Waals surface area contributed by atoms with Gasteiger partial charge in [0, 0.05) is 6.04 Å². The van der Waals surface area contributed by atoms with Crippen LogP contribution in [-0.2, 0) is 16.6 Å². The van der Waals surface area contributed by atoms with E-state index >= 15 is 0 Å². The molecule has 0 unspecified atom stereocenters. The molecule has 33 heavy (non-hydrogen) atoms. The average molecular weight is 467 g/mol. The smallest absolute Gasteiger partial charge is 0.264 e. The Morgan fingerprint density at radius 1 is 0.970 bits per heavy atom. The number of ether oxygens (including phenoxy) is 1. The lowest BCUT2D eigenvalue weighted by Crippen LogP contribution is -2.36. The molecule has 1 atom stereocenters. The number of benzene rings is 3. The second-order valence-corrected chi connectivity index (χ2v) is 9.72. The highest BCUT2D eigenvalue weighted by Crippen LogP contribution is 2.30. The molecule has 0 saturated heterocycles. The highest BCUT2D eigenvalue weighted by molar-refractivity contribution is 7.92. The summed E-state index contributed by atoms with van der Waals surface area (Å²) in [5, 5.41) is 2.99. The van der Waals surface area contributed by atoms with E-state index in [0.717, 1.165) is 18.4 Å². The van der Waals surface area contributed by atoms with Gasteiger partial charge in [-0.2, -0.15) is 0 Å². The van der Waals surface area contributed by atoms with Crippen molar-refractivity contribution in [1.29, 1.82) is 0 Å². The number of carbonyl (C=O) groups is 1. The zero-order chi connectivity index (χ0) is 23.8. The van der Waals surface area contributed by atoms with Gasteiger partial charge in [0.1, 0.15) is 5.75 Å². The summed E-state index contributed by atoms with van der Waals surface area (Å²) in [7, 11) is -2.45. The molecular weight excluding hydrogens is 436 g/mol. The molecule has 1 N–H and O–H groups in total. The van der Waals surface area contributed by atoms with E-state index in [0.29, 0.717) is 17.0 Å². The summed E-state index contributed by atoms with van der Waals surface area (Å²) in [6.07, 6.45) is 1.78. The molecule has 0 heterocycles. The summed E-state index contributed by atoms with van der Waals surface area (Å²) < 4.78 is 34.0. The summed E-state index contributed by atoms with van der Waals surface area (Å²) in [6.45, 7) is 4.09. The number of carbonyl (C=O) groups excluding carboxylic acids is 1. The average Bonchev–Trinajstić information content (AvgIpc) is 2.83. The third-order valence-electron chi connectivity index (χ3n) is 5.33. The number of rotatable bonds is 10. The van der Waals surface area contributed by atoms with Crippen molar-refractivity contribution in [2.24, 2.45) is 0 Å². The fourth-order valence-electron chi connectivity index (χ4n) is 3.61. The first-order valence-electron chi connectivity index (χ1n) is 11.0. The number of nitrogens with one attached hydrogen (secondary N) is 1.